The Morgan fingerprint density at radius 3 is 2.71 bits per heavy atom. The first-order valence-corrected chi connectivity index (χ1v) is 4.97. The van der Waals surface area contributed by atoms with E-state index < -0.39 is 17.9 Å². The van der Waals surface area contributed by atoms with Gasteiger partial charge in [-0.3, -0.25) is 9.59 Å². The molecule has 0 heterocycles. The Morgan fingerprint density at radius 2 is 2.12 bits per heavy atom. The first-order valence-electron chi connectivity index (χ1n) is 4.97. The van der Waals surface area contributed by atoms with Gasteiger partial charge in [-0.2, -0.15) is 0 Å². The molecule has 6 nitrogen and oxygen atoms in total. The maximum atomic E-state index is 11.6. The highest BCUT2D eigenvalue weighted by Gasteiger charge is 2.15. The van der Waals surface area contributed by atoms with Crippen LogP contribution in [-0.2, 0) is 4.79 Å². The third-order valence-corrected chi connectivity index (χ3v) is 2.18. The quantitative estimate of drug-likeness (QED) is 0.554. The number of rotatable bonds is 4. The summed E-state index contributed by atoms with van der Waals surface area (Å²) in [6.07, 6.45) is -1.44. The number of aryl methyl sites for hydroxylation is 1. The molecule has 17 heavy (non-hydrogen) atoms. The first kappa shape index (κ1) is 13.0. The zero-order valence-electron chi connectivity index (χ0n) is 9.30. The van der Waals surface area contributed by atoms with Gasteiger partial charge in [0, 0.05) is 0 Å². The molecule has 1 rings (SSSR count). The van der Waals surface area contributed by atoms with Gasteiger partial charge in [0.15, 0.2) is 0 Å². The van der Waals surface area contributed by atoms with Gasteiger partial charge in [0.05, 0.1) is 12.1 Å². The molecule has 0 radical (unpaired) electrons. The van der Waals surface area contributed by atoms with Crippen molar-refractivity contribution in [1.29, 1.82) is 0 Å². The van der Waals surface area contributed by atoms with E-state index >= 15 is 0 Å². The SMILES string of the molecule is Cc1ccc(O)c(C(=O)NCC(O)C(N)=O)c1. The zero-order chi connectivity index (χ0) is 13.0. The third kappa shape index (κ3) is 3.46. The summed E-state index contributed by atoms with van der Waals surface area (Å²) in [5.74, 6) is -1.66. The van der Waals surface area contributed by atoms with Gasteiger partial charge in [0.25, 0.3) is 5.91 Å². The van der Waals surface area contributed by atoms with Crippen molar-refractivity contribution in [2.75, 3.05) is 6.54 Å². The molecule has 92 valence electrons. The van der Waals surface area contributed by atoms with E-state index in [2.05, 4.69) is 5.32 Å². The number of carbonyl (C=O) groups is 2. The van der Waals surface area contributed by atoms with Gasteiger partial charge in [-0.15, -0.1) is 0 Å². The van der Waals surface area contributed by atoms with Gasteiger partial charge < -0.3 is 21.3 Å². The maximum Gasteiger partial charge on any atom is 0.255 e. The predicted molar refractivity (Wildman–Crippen MR) is 60.4 cm³/mol. The molecule has 0 saturated carbocycles. The van der Waals surface area contributed by atoms with Crippen LogP contribution in [0.5, 0.6) is 5.75 Å². The number of phenolic OH excluding ortho intramolecular Hbond substituents is 1. The summed E-state index contributed by atoms with van der Waals surface area (Å²) in [5, 5.41) is 20.9. The molecule has 5 N–H and O–H groups in total. The summed E-state index contributed by atoms with van der Waals surface area (Å²) in [5.41, 5.74) is 5.72. The molecule has 2 amide bonds. The average molecular weight is 238 g/mol. The molecule has 0 aliphatic carbocycles. The zero-order valence-corrected chi connectivity index (χ0v) is 9.30. The van der Waals surface area contributed by atoms with Crippen LogP contribution in [0.3, 0.4) is 0 Å². The maximum absolute atomic E-state index is 11.6. The van der Waals surface area contributed by atoms with Crippen LogP contribution >= 0.6 is 0 Å². The number of carbonyl (C=O) groups excluding carboxylic acids is 2. The first-order chi connectivity index (χ1) is 7.91. The van der Waals surface area contributed by atoms with Gasteiger partial charge >= 0.3 is 0 Å². The highest BCUT2D eigenvalue weighted by atomic mass is 16.3. The normalized spacial score (nSPS) is 11.9. The van der Waals surface area contributed by atoms with Gasteiger partial charge in [-0.25, -0.2) is 0 Å². The number of benzene rings is 1. The van der Waals surface area contributed by atoms with Crippen molar-refractivity contribution in [3.8, 4) is 5.75 Å². The monoisotopic (exact) mass is 238 g/mol. The molecule has 1 atom stereocenters. The summed E-state index contributed by atoms with van der Waals surface area (Å²) in [4.78, 5) is 22.2. The summed E-state index contributed by atoms with van der Waals surface area (Å²) in [6, 6.07) is 4.56. The second-order valence-electron chi connectivity index (χ2n) is 3.65. The number of aromatic hydroxyl groups is 1. The molecule has 0 fully saturated rings. The lowest BCUT2D eigenvalue weighted by Crippen LogP contribution is -2.40. The summed E-state index contributed by atoms with van der Waals surface area (Å²) < 4.78 is 0. The second kappa shape index (κ2) is 5.31. The summed E-state index contributed by atoms with van der Waals surface area (Å²) in [6.45, 7) is 1.48. The Morgan fingerprint density at radius 1 is 1.47 bits per heavy atom. The average Bonchev–Trinajstić information content (AvgIpc) is 2.28. The van der Waals surface area contributed by atoms with Crippen LogP contribution < -0.4 is 11.1 Å². The number of nitrogens with two attached hydrogens (primary N) is 1. The van der Waals surface area contributed by atoms with Crippen molar-refractivity contribution in [3.63, 3.8) is 0 Å². The van der Waals surface area contributed by atoms with Gasteiger partial charge in [-0.1, -0.05) is 11.6 Å². The van der Waals surface area contributed by atoms with Crippen LogP contribution in [0.4, 0.5) is 0 Å². The molecule has 1 aromatic rings. The van der Waals surface area contributed by atoms with Crippen molar-refractivity contribution >= 4 is 11.8 Å². The van der Waals surface area contributed by atoms with E-state index in [0.717, 1.165) is 5.56 Å². The number of aliphatic hydroxyl groups is 1. The fraction of sp³-hybridized carbons (Fsp3) is 0.273. The summed E-state index contributed by atoms with van der Waals surface area (Å²) >= 11 is 0. The molecule has 1 aromatic carbocycles. The molecular formula is C11H14N2O4. The number of primary amides is 1. The van der Waals surface area contributed by atoms with E-state index in [1.165, 1.54) is 12.1 Å². The standard InChI is InChI=1S/C11H14N2O4/c1-6-2-3-8(14)7(4-6)11(17)13-5-9(15)10(12)16/h2-4,9,14-15H,5H2,1H3,(H2,12,16)(H,13,17). The van der Waals surface area contributed by atoms with Crippen LogP contribution in [0.1, 0.15) is 15.9 Å². The molecule has 0 aromatic heterocycles. The minimum absolute atomic E-state index is 0.0849. The topological polar surface area (TPSA) is 113 Å². The smallest absolute Gasteiger partial charge is 0.255 e. The highest BCUT2D eigenvalue weighted by Crippen LogP contribution is 2.17. The number of phenols is 1. The molecule has 6 heteroatoms. The van der Waals surface area contributed by atoms with Crippen molar-refractivity contribution in [2.45, 2.75) is 13.0 Å². The lowest BCUT2D eigenvalue weighted by Gasteiger charge is -2.09. The largest absolute Gasteiger partial charge is 0.507 e. The minimum Gasteiger partial charge on any atom is -0.507 e. The fourth-order valence-electron chi connectivity index (χ4n) is 1.22. The molecule has 1 unspecified atom stereocenters. The van der Waals surface area contributed by atoms with E-state index in [-0.39, 0.29) is 17.9 Å². The molecule has 0 bridgehead atoms. The number of aliphatic hydroxyl groups excluding tert-OH is 1. The van der Waals surface area contributed by atoms with E-state index in [1.54, 1.807) is 13.0 Å². The van der Waals surface area contributed by atoms with Crippen molar-refractivity contribution in [3.05, 3.63) is 29.3 Å². The Labute approximate surface area is 98.1 Å². The Kier molecular flexibility index (Phi) is 4.06. The summed E-state index contributed by atoms with van der Waals surface area (Å²) in [7, 11) is 0. The van der Waals surface area contributed by atoms with E-state index in [1.807, 2.05) is 0 Å². The van der Waals surface area contributed by atoms with Crippen LogP contribution in [0.25, 0.3) is 0 Å². The third-order valence-electron chi connectivity index (χ3n) is 2.18. The number of amides is 2. The fourth-order valence-corrected chi connectivity index (χ4v) is 1.22. The van der Waals surface area contributed by atoms with Crippen LogP contribution in [0.2, 0.25) is 0 Å². The van der Waals surface area contributed by atoms with Crippen LogP contribution in [0, 0.1) is 6.92 Å². The van der Waals surface area contributed by atoms with Gasteiger partial charge in [0.2, 0.25) is 5.91 Å². The van der Waals surface area contributed by atoms with Crippen molar-refractivity contribution in [2.24, 2.45) is 5.73 Å². The highest BCUT2D eigenvalue weighted by molar-refractivity contribution is 5.97. The lowest BCUT2D eigenvalue weighted by atomic mass is 10.1. The second-order valence-corrected chi connectivity index (χ2v) is 3.65. The predicted octanol–water partition coefficient (Wildman–Crippen LogP) is -0.723. The molecule has 0 spiro atoms. The number of hydrogen-bond acceptors (Lipinski definition) is 4. The van der Waals surface area contributed by atoms with Gasteiger partial charge in [0.1, 0.15) is 11.9 Å². The molecular weight excluding hydrogens is 224 g/mol. The van der Waals surface area contributed by atoms with Crippen molar-refractivity contribution in [1.82, 2.24) is 5.32 Å². The molecule has 0 saturated heterocycles. The van der Waals surface area contributed by atoms with Crippen LogP contribution in [-0.4, -0.2) is 34.7 Å². The van der Waals surface area contributed by atoms with E-state index in [9.17, 15) is 14.7 Å². The number of nitrogens with one attached hydrogen (secondary N) is 1. The lowest BCUT2D eigenvalue weighted by molar-refractivity contribution is -0.125. The van der Waals surface area contributed by atoms with E-state index in [4.69, 9.17) is 10.8 Å². The Bertz CT molecular complexity index is 445. The molecule has 0 aliphatic rings. The Balaban J connectivity index is 2.70. The van der Waals surface area contributed by atoms with Crippen LogP contribution in [0.15, 0.2) is 18.2 Å². The Hall–Kier alpha value is -2.08. The molecule has 0 aliphatic heterocycles. The van der Waals surface area contributed by atoms with Gasteiger partial charge in [-0.05, 0) is 19.1 Å². The van der Waals surface area contributed by atoms with E-state index in [0.29, 0.717) is 0 Å². The van der Waals surface area contributed by atoms with Crippen molar-refractivity contribution < 1.29 is 19.8 Å². The minimum atomic E-state index is -1.44. The number of hydrogen-bond donors (Lipinski definition) is 4.